The van der Waals surface area contributed by atoms with Crippen LogP contribution in [-0.4, -0.2) is 72.9 Å². The molecule has 174 valence electrons. The molecule has 2 aliphatic heterocycles. The van der Waals surface area contributed by atoms with Crippen LogP contribution in [0.2, 0.25) is 0 Å². The molecule has 1 fully saturated rings. The summed E-state index contributed by atoms with van der Waals surface area (Å²) in [7, 11) is 0. The Kier molecular flexibility index (Phi) is 5.57. The molecule has 0 radical (unpaired) electrons. The molecule has 1 saturated heterocycles. The van der Waals surface area contributed by atoms with Gasteiger partial charge < -0.3 is 9.47 Å². The van der Waals surface area contributed by atoms with Gasteiger partial charge in [-0.3, -0.25) is 9.69 Å². The van der Waals surface area contributed by atoms with Crippen LogP contribution in [0.3, 0.4) is 0 Å². The lowest BCUT2D eigenvalue weighted by molar-refractivity contribution is -0.128. The number of alkyl halides is 1. The van der Waals surface area contributed by atoms with Crippen molar-refractivity contribution in [3.8, 4) is 16.9 Å². The molecular weight excluding hydrogens is 466 g/mol. The summed E-state index contributed by atoms with van der Waals surface area (Å²) in [4.78, 5) is 43.5. The van der Waals surface area contributed by atoms with Crippen LogP contribution in [0.1, 0.15) is 12.5 Å². The summed E-state index contributed by atoms with van der Waals surface area (Å²) in [6.07, 6.45) is 1.58. The molecule has 0 spiro atoms. The highest BCUT2D eigenvalue weighted by molar-refractivity contribution is 6.17. The Hall–Kier alpha value is -4.06. The number of rotatable bonds is 5. The summed E-state index contributed by atoms with van der Waals surface area (Å²) < 4.78 is 11.7. The van der Waals surface area contributed by atoms with Crippen LogP contribution in [0, 0.1) is 0 Å². The Bertz CT molecular complexity index is 1250. The molecule has 0 N–H and O–H groups in total. The van der Waals surface area contributed by atoms with E-state index in [0.29, 0.717) is 12.2 Å². The molecule has 2 atom stereocenters. The molecule has 12 nitrogen and oxygen atoms in total. The molecule has 0 saturated carbocycles. The standard InChI is InChI=1S/C21H18ClN7O5/c1-12(30)27(20(31)33-10-22)9-18-17-7-15-6-13(2-4-16(15)29(17)21(32)34-18)14-3-5-19(23-8-14)28-11-24-25-26-28/h2-6,8,11,17-18H,7,9-10H2,1H3/t17-,18-/m0/s1. The van der Waals surface area contributed by atoms with Gasteiger partial charge in [0.15, 0.2) is 11.9 Å². The average molecular weight is 484 g/mol. The van der Waals surface area contributed by atoms with Crippen LogP contribution in [0.15, 0.2) is 42.9 Å². The van der Waals surface area contributed by atoms with Crippen molar-refractivity contribution >= 4 is 35.4 Å². The number of benzene rings is 1. The number of pyridine rings is 1. The van der Waals surface area contributed by atoms with Crippen LogP contribution in [0.5, 0.6) is 0 Å². The SMILES string of the molecule is CC(=O)N(C[C@@H]1OC(=O)N2c3ccc(-c4ccc(-n5cnnn5)nc4)cc3C[C@@H]12)C(=O)OCCl. The topological polar surface area (TPSA) is 133 Å². The van der Waals surface area contributed by atoms with Crippen molar-refractivity contribution in [3.63, 3.8) is 0 Å². The molecule has 3 aromatic rings. The number of amides is 3. The Morgan fingerprint density at radius 1 is 1.26 bits per heavy atom. The number of aromatic nitrogens is 5. The Morgan fingerprint density at radius 2 is 2.09 bits per heavy atom. The largest absolute Gasteiger partial charge is 0.442 e. The van der Waals surface area contributed by atoms with E-state index in [4.69, 9.17) is 21.1 Å². The minimum Gasteiger partial charge on any atom is -0.442 e. The van der Waals surface area contributed by atoms with E-state index in [0.717, 1.165) is 27.3 Å². The second kappa shape index (κ2) is 8.71. The smallest absolute Gasteiger partial charge is 0.417 e. The molecule has 13 heteroatoms. The molecular formula is C21H18ClN7O5. The number of tetrazole rings is 1. The zero-order chi connectivity index (χ0) is 23.8. The van der Waals surface area contributed by atoms with Gasteiger partial charge in [0.25, 0.3) is 0 Å². The Labute approximate surface area is 198 Å². The van der Waals surface area contributed by atoms with Gasteiger partial charge in [0.1, 0.15) is 12.4 Å². The lowest BCUT2D eigenvalue weighted by Crippen LogP contribution is -2.45. The fourth-order valence-electron chi connectivity index (χ4n) is 4.21. The second-order valence-corrected chi connectivity index (χ2v) is 7.93. The number of cyclic esters (lactones) is 1. The van der Waals surface area contributed by atoms with E-state index in [-0.39, 0.29) is 18.7 Å². The molecule has 34 heavy (non-hydrogen) atoms. The van der Waals surface area contributed by atoms with Crippen molar-refractivity contribution < 1.29 is 23.9 Å². The number of imide groups is 1. The normalized spacial score (nSPS) is 18.3. The van der Waals surface area contributed by atoms with Crippen molar-refractivity contribution in [1.29, 1.82) is 0 Å². The number of carbonyl (C=O) groups is 3. The van der Waals surface area contributed by atoms with Crippen molar-refractivity contribution in [3.05, 3.63) is 48.4 Å². The highest BCUT2D eigenvalue weighted by atomic mass is 35.5. The van der Waals surface area contributed by atoms with Crippen molar-refractivity contribution in [2.45, 2.75) is 25.5 Å². The van der Waals surface area contributed by atoms with Crippen LogP contribution < -0.4 is 4.90 Å². The number of hydrogen-bond donors (Lipinski definition) is 0. The van der Waals surface area contributed by atoms with Gasteiger partial charge >= 0.3 is 12.2 Å². The van der Waals surface area contributed by atoms with Gasteiger partial charge in [-0.1, -0.05) is 17.7 Å². The average Bonchev–Trinajstić information content (AvgIpc) is 3.55. The Morgan fingerprint density at radius 3 is 2.76 bits per heavy atom. The first-order chi connectivity index (χ1) is 16.5. The van der Waals surface area contributed by atoms with Gasteiger partial charge in [0.2, 0.25) is 5.91 Å². The molecule has 4 heterocycles. The summed E-state index contributed by atoms with van der Waals surface area (Å²) in [5, 5.41) is 11.0. The molecule has 2 aliphatic rings. The number of halogens is 1. The van der Waals surface area contributed by atoms with E-state index in [9.17, 15) is 14.4 Å². The van der Waals surface area contributed by atoms with Gasteiger partial charge in [-0.2, -0.15) is 4.68 Å². The number of anilines is 1. The zero-order valence-corrected chi connectivity index (χ0v) is 18.6. The fourth-order valence-corrected chi connectivity index (χ4v) is 4.30. The first kappa shape index (κ1) is 21.8. The van der Waals surface area contributed by atoms with Crippen LogP contribution >= 0.6 is 11.6 Å². The monoisotopic (exact) mass is 483 g/mol. The first-order valence-corrected chi connectivity index (χ1v) is 10.8. The molecule has 0 aliphatic carbocycles. The highest BCUT2D eigenvalue weighted by Gasteiger charge is 2.48. The van der Waals surface area contributed by atoms with Crippen molar-refractivity contribution in [2.75, 3.05) is 17.5 Å². The quantitative estimate of drug-likeness (QED) is 0.500. The zero-order valence-electron chi connectivity index (χ0n) is 17.9. The summed E-state index contributed by atoms with van der Waals surface area (Å²) in [5.41, 5.74) is 3.50. The van der Waals surface area contributed by atoms with E-state index < -0.39 is 24.2 Å². The first-order valence-electron chi connectivity index (χ1n) is 10.3. The third-order valence-electron chi connectivity index (χ3n) is 5.78. The van der Waals surface area contributed by atoms with Crippen LogP contribution in [-0.2, 0) is 20.7 Å². The highest BCUT2D eigenvalue weighted by Crippen LogP contribution is 2.40. The van der Waals surface area contributed by atoms with E-state index in [1.165, 1.54) is 17.9 Å². The third-order valence-corrected chi connectivity index (χ3v) is 5.89. The number of fused-ring (bicyclic) bond motifs is 3. The maximum atomic E-state index is 12.6. The number of ether oxygens (including phenoxy) is 2. The molecule has 2 aromatic heterocycles. The maximum Gasteiger partial charge on any atom is 0.417 e. The number of hydrogen-bond acceptors (Lipinski definition) is 9. The summed E-state index contributed by atoms with van der Waals surface area (Å²) in [6.45, 7) is 1.11. The van der Waals surface area contributed by atoms with Gasteiger partial charge in [0, 0.05) is 18.7 Å². The van der Waals surface area contributed by atoms with Gasteiger partial charge in [0.05, 0.1) is 18.3 Å². The fraction of sp³-hybridized carbons (Fsp3) is 0.286. The summed E-state index contributed by atoms with van der Waals surface area (Å²) >= 11 is 5.45. The molecule has 5 rings (SSSR count). The maximum absolute atomic E-state index is 12.6. The predicted molar refractivity (Wildman–Crippen MR) is 117 cm³/mol. The molecule has 0 unspecified atom stereocenters. The second-order valence-electron chi connectivity index (χ2n) is 7.72. The van der Waals surface area contributed by atoms with Crippen molar-refractivity contribution in [2.24, 2.45) is 0 Å². The van der Waals surface area contributed by atoms with E-state index in [1.807, 2.05) is 24.3 Å². The minimum absolute atomic E-state index is 0.124. The third kappa shape index (κ3) is 3.81. The van der Waals surface area contributed by atoms with E-state index in [2.05, 4.69) is 20.5 Å². The Balaban J connectivity index is 1.36. The summed E-state index contributed by atoms with van der Waals surface area (Å²) in [6, 6.07) is 8.72. The molecule has 3 amide bonds. The van der Waals surface area contributed by atoms with Crippen molar-refractivity contribution in [1.82, 2.24) is 30.1 Å². The van der Waals surface area contributed by atoms with Crippen LogP contribution in [0.4, 0.5) is 15.3 Å². The minimum atomic E-state index is -0.882. The predicted octanol–water partition coefficient (Wildman–Crippen LogP) is 2.16. The summed E-state index contributed by atoms with van der Waals surface area (Å²) in [5.74, 6) is 0.0592. The van der Waals surface area contributed by atoms with Gasteiger partial charge in [-0.15, -0.1) is 5.10 Å². The van der Waals surface area contributed by atoms with Crippen LogP contribution in [0.25, 0.3) is 16.9 Å². The van der Waals surface area contributed by atoms with Gasteiger partial charge in [-0.05, 0) is 52.2 Å². The van der Waals surface area contributed by atoms with E-state index in [1.54, 1.807) is 17.2 Å². The number of carbonyl (C=O) groups excluding carboxylic acids is 3. The number of nitrogens with zero attached hydrogens (tertiary/aromatic N) is 7. The molecule has 1 aromatic carbocycles. The lowest BCUT2D eigenvalue weighted by Gasteiger charge is -2.23. The van der Waals surface area contributed by atoms with E-state index >= 15 is 0 Å². The van der Waals surface area contributed by atoms with Gasteiger partial charge in [-0.25, -0.2) is 19.5 Å². The molecule has 0 bridgehead atoms. The lowest BCUT2D eigenvalue weighted by atomic mass is 10.0.